The first-order valence-corrected chi connectivity index (χ1v) is 6.07. The summed E-state index contributed by atoms with van der Waals surface area (Å²) in [7, 11) is 0. The van der Waals surface area contributed by atoms with Gasteiger partial charge in [0.25, 0.3) is 0 Å². The number of carbonyl (C=O) groups excluding carboxylic acids is 1. The number of aryl methyl sites for hydroxylation is 1. The second-order valence-corrected chi connectivity index (χ2v) is 4.87. The fourth-order valence-corrected chi connectivity index (χ4v) is 1.88. The number of benzene rings is 1. The SMILES string of the molecule is CC(=O)NCC(O)C(O)c1cc(Br)ccc1C. The van der Waals surface area contributed by atoms with Crippen LogP contribution in [0.3, 0.4) is 0 Å². The second kappa shape index (κ2) is 6.14. The predicted molar refractivity (Wildman–Crippen MR) is 68.5 cm³/mol. The summed E-state index contributed by atoms with van der Waals surface area (Å²) >= 11 is 3.31. The van der Waals surface area contributed by atoms with Crippen LogP contribution in [0.25, 0.3) is 0 Å². The first-order chi connectivity index (χ1) is 7.91. The van der Waals surface area contributed by atoms with Crippen LogP contribution in [0, 0.1) is 6.92 Å². The van der Waals surface area contributed by atoms with Gasteiger partial charge in [-0.25, -0.2) is 0 Å². The highest BCUT2D eigenvalue weighted by Gasteiger charge is 2.20. The predicted octanol–water partition coefficient (Wildman–Crippen LogP) is 1.29. The molecule has 0 fully saturated rings. The molecule has 3 N–H and O–H groups in total. The number of carbonyl (C=O) groups is 1. The van der Waals surface area contributed by atoms with Gasteiger partial charge < -0.3 is 15.5 Å². The van der Waals surface area contributed by atoms with E-state index in [1.165, 1.54) is 6.92 Å². The van der Waals surface area contributed by atoms with Crippen molar-refractivity contribution in [2.75, 3.05) is 6.54 Å². The topological polar surface area (TPSA) is 69.6 Å². The fourth-order valence-electron chi connectivity index (χ4n) is 1.50. The molecule has 0 aliphatic heterocycles. The van der Waals surface area contributed by atoms with E-state index in [2.05, 4.69) is 21.2 Å². The van der Waals surface area contributed by atoms with Gasteiger partial charge in [-0.15, -0.1) is 0 Å². The molecule has 0 saturated heterocycles. The van der Waals surface area contributed by atoms with Gasteiger partial charge in [0.05, 0.1) is 0 Å². The van der Waals surface area contributed by atoms with Crippen LogP contribution in [-0.4, -0.2) is 28.8 Å². The first kappa shape index (κ1) is 14.2. The Morgan fingerprint density at radius 1 is 1.47 bits per heavy atom. The van der Waals surface area contributed by atoms with Crippen molar-refractivity contribution in [1.29, 1.82) is 0 Å². The van der Waals surface area contributed by atoms with Crippen LogP contribution < -0.4 is 5.32 Å². The van der Waals surface area contributed by atoms with E-state index in [1.807, 2.05) is 19.1 Å². The third-order valence-corrected chi connectivity index (χ3v) is 2.98. The smallest absolute Gasteiger partial charge is 0.216 e. The molecule has 1 rings (SSSR count). The van der Waals surface area contributed by atoms with Gasteiger partial charge in [0, 0.05) is 17.9 Å². The molecular weight excluding hydrogens is 286 g/mol. The molecule has 4 nitrogen and oxygen atoms in total. The quantitative estimate of drug-likeness (QED) is 0.785. The minimum Gasteiger partial charge on any atom is -0.388 e. The lowest BCUT2D eigenvalue weighted by Gasteiger charge is -2.20. The zero-order valence-electron chi connectivity index (χ0n) is 9.77. The van der Waals surface area contributed by atoms with Crippen LogP contribution in [-0.2, 0) is 4.79 Å². The Kier molecular flexibility index (Phi) is 5.11. The minimum atomic E-state index is -1.02. The number of aliphatic hydroxyl groups excluding tert-OH is 2. The highest BCUT2D eigenvalue weighted by molar-refractivity contribution is 9.10. The standard InChI is InChI=1S/C12H16BrNO3/c1-7-3-4-9(13)5-10(7)12(17)11(16)6-14-8(2)15/h3-5,11-12,16-17H,6H2,1-2H3,(H,14,15). The largest absolute Gasteiger partial charge is 0.388 e. The Labute approximate surface area is 109 Å². The molecule has 2 unspecified atom stereocenters. The van der Waals surface area contributed by atoms with Crippen LogP contribution in [0.15, 0.2) is 22.7 Å². The van der Waals surface area contributed by atoms with E-state index in [9.17, 15) is 15.0 Å². The van der Waals surface area contributed by atoms with E-state index in [0.29, 0.717) is 5.56 Å². The highest BCUT2D eigenvalue weighted by Crippen LogP contribution is 2.24. The molecule has 0 aromatic heterocycles. The molecule has 94 valence electrons. The molecule has 0 spiro atoms. The first-order valence-electron chi connectivity index (χ1n) is 5.28. The molecule has 2 atom stereocenters. The van der Waals surface area contributed by atoms with Crippen molar-refractivity contribution in [2.45, 2.75) is 26.1 Å². The van der Waals surface area contributed by atoms with E-state index < -0.39 is 12.2 Å². The highest BCUT2D eigenvalue weighted by atomic mass is 79.9. The van der Waals surface area contributed by atoms with Crippen molar-refractivity contribution < 1.29 is 15.0 Å². The third-order valence-electron chi connectivity index (χ3n) is 2.48. The van der Waals surface area contributed by atoms with E-state index in [0.717, 1.165) is 10.0 Å². The number of amides is 1. The van der Waals surface area contributed by atoms with Crippen molar-refractivity contribution >= 4 is 21.8 Å². The maximum atomic E-state index is 10.7. The molecule has 1 amide bonds. The number of aliphatic hydroxyl groups is 2. The van der Waals surface area contributed by atoms with Gasteiger partial charge in [-0.2, -0.15) is 0 Å². The normalized spacial score (nSPS) is 14.2. The van der Waals surface area contributed by atoms with Gasteiger partial charge in [0.1, 0.15) is 12.2 Å². The van der Waals surface area contributed by atoms with Crippen molar-refractivity contribution in [1.82, 2.24) is 5.32 Å². The molecule has 0 aliphatic carbocycles. The molecule has 5 heteroatoms. The Balaban J connectivity index is 2.77. The number of hydrogen-bond donors (Lipinski definition) is 3. The van der Waals surface area contributed by atoms with Gasteiger partial charge in [-0.1, -0.05) is 22.0 Å². The van der Waals surface area contributed by atoms with Crippen LogP contribution in [0.1, 0.15) is 24.2 Å². The molecule has 17 heavy (non-hydrogen) atoms. The lowest BCUT2D eigenvalue weighted by atomic mass is 9.99. The maximum absolute atomic E-state index is 10.7. The average molecular weight is 302 g/mol. The monoisotopic (exact) mass is 301 g/mol. The van der Waals surface area contributed by atoms with Crippen molar-refractivity contribution in [3.63, 3.8) is 0 Å². The molecular formula is C12H16BrNO3. The van der Waals surface area contributed by atoms with Crippen molar-refractivity contribution in [3.8, 4) is 0 Å². The summed E-state index contributed by atoms with van der Waals surface area (Å²) in [6.07, 6.45) is -2.04. The Bertz CT molecular complexity index is 409. The van der Waals surface area contributed by atoms with Gasteiger partial charge in [0.15, 0.2) is 0 Å². The zero-order valence-corrected chi connectivity index (χ0v) is 11.4. The maximum Gasteiger partial charge on any atom is 0.216 e. The molecule has 0 heterocycles. The summed E-state index contributed by atoms with van der Waals surface area (Å²) in [6.45, 7) is 3.25. The van der Waals surface area contributed by atoms with E-state index in [-0.39, 0.29) is 12.5 Å². The van der Waals surface area contributed by atoms with Crippen molar-refractivity contribution in [3.05, 3.63) is 33.8 Å². The summed E-state index contributed by atoms with van der Waals surface area (Å²) in [6, 6.07) is 5.48. The second-order valence-electron chi connectivity index (χ2n) is 3.95. The van der Waals surface area contributed by atoms with Crippen molar-refractivity contribution in [2.24, 2.45) is 0 Å². The minimum absolute atomic E-state index is 0.0302. The van der Waals surface area contributed by atoms with E-state index in [1.54, 1.807) is 6.07 Å². The van der Waals surface area contributed by atoms with Gasteiger partial charge in [0.2, 0.25) is 5.91 Å². The molecule has 0 radical (unpaired) electrons. The third kappa shape index (κ3) is 4.11. The van der Waals surface area contributed by atoms with Gasteiger partial charge >= 0.3 is 0 Å². The summed E-state index contributed by atoms with van der Waals surface area (Å²) in [5.74, 6) is -0.234. The molecule has 1 aromatic rings. The Morgan fingerprint density at radius 3 is 2.71 bits per heavy atom. The Morgan fingerprint density at radius 2 is 2.12 bits per heavy atom. The molecule has 0 aliphatic rings. The number of hydrogen-bond acceptors (Lipinski definition) is 3. The number of rotatable bonds is 4. The van der Waals surface area contributed by atoms with Gasteiger partial charge in [-0.05, 0) is 30.2 Å². The summed E-state index contributed by atoms with van der Waals surface area (Å²) in [5, 5.41) is 22.2. The van der Waals surface area contributed by atoms with Crippen LogP contribution in [0.4, 0.5) is 0 Å². The van der Waals surface area contributed by atoms with Crippen LogP contribution in [0.2, 0.25) is 0 Å². The lowest BCUT2D eigenvalue weighted by molar-refractivity contribution is -0.119. The van der Waals surface area contributed by atoms with Crippen LogP contribution in [0.5, 0.6) is 0 Å². The zero-order chi connectivity index (χ0) is 13.0. The lowest BCUT2D eigenvalue weighted by Crippen LogP contribution is -2.34. The molecule has 1 aromatic carbocycles. The number of nitrogens with one attached hydrogen (secondary N) is 1. The van der Waals surface area contributed by atoms with E-state index >= 15 is 0 Å². The molecule has 0 saturated carbocycles. The van der Waals surface area contributed by atoms with Gasteiger partial charge in [-0.3, -0.25) is 4.79 Å². The number of halogens is 1. The summed E-state index contributed by atoms with van der Waals surface area (Å²) in [5.41, 5.74) is 1.54. The molecule has 0 bridgehead atoms. The average Bonchev–Trinajstić information content (AvgIpc) is 2.28. The summed E-state index contributed by atoms with van der Waals surface area (Å²) in [4.78, 5) is 10.7. The fraction of sp³-hybridized carbons (Fsp3) is 0.417. The van der Waals surface area contributed by atoms with Crippen LogP contribution >= 0.6 is 15.9 Å². The summed E-state index contributed by atoms with van der Waals surface area (Å²) < 4.78 is 0.837. The van der Waals surface area contributed by atoms with E-state index in [4.69, 9.17) is 0 Å². The Hall–Kier alpha value is -0.910.